The molecular formula is C16H22ClN3O3S. The normalized spacial score (nSPS) is 12.0. The van der Waals surface area contributed by atoms with E-state index in [1.807, 2.05) is 25.6 Å². The van der Waals surface area contributed by atoms with Gasteiger partial charge in [-0.25, -0.2) is 12.7 Å². The average Bonchev–Trinajstić information content (AvgIpc) is 2.77. The van der Waals surface area contributed by atoms with Gasteiger partial charge in [0, 0.05) is 26.3 Å². The Labute approximate surface area is 148 Å². The fourth-order valence-corrected chi connectivity index (χ4v) is 4.08. The number of benzene rings is 1. The number of likely N-dealkylation sites (N-methyl/N-ethyl adjacent to an activating group) is 1. The van der Waals surface area contributed by atoms with Crippen molar-refractivity contribution in [1.82, 2.24) is 14.1 Å². The number of aromatic nitrogens is 2. The molecular weight excluding hydrogens is 350 g/mol. The Hall–Kier alpha value is -1.57. The monoisotopic (exact) mass is 371 g/mol. The van der Waals surface area contributed by atoms with E-state index in [1.165, 1.54) is 23.5 Å². The maximum absolute atomic E-state index is 12.7. The summed E-state index contributed by atoms with van der Waals surface area (Å²) < 4.78 is 33.6. The van der Waals surface area contributed by atoms with E-state index in [0.717, 1.165) is 17.0 Å². The molecule has 1 heterocycles. The van der Waals surface area contributed by atoms with Crippen LogP contribution in [0.2, 0.25) is 5.02 Å². The fourth-order valence-electron chi connectivity index (χ4n) is 2.56. The van der Waals surface area contributed by atoms with Crippen LogP contribution in [0.25, 0.3) is 0 Å². The maximum Gasteiger partial charge on any atom is 0.242 e. The molecule has 6 nitrogen and oxygen atoms in total. The first kappa shape index (κ1) is 18.8. The summed E-state index contributed by atoms with van der Waals surface area (Å²) in [5.74, 6) is 0.444. The molecule has 0 aliphatic rings. The van der Waals surface area contributed by atoms with Crippen LogP contribution in [0.4, 0.5) is 0 Å². The van der Waals surface area contributed by atoms with E-state index in [4.69, 9.17) is 16.3 Å². The lowest BCUT2D eigenvalue weighted by atomic mass is 10.1. The number of hydrogen-bond donors (Lipinski definition) is 0. The number of ether oxygens (including phenoxy) is 1. The zero-order chi connectivity index (χ0) is 18.1. The van der Waals surface area contributed by atoms with Gasteiger partial charge in [-0.15, -0.1) is 0 Å². The van der Waals surface area contributed by atoms with Gasteiger partial charge >= 0.3 is 0 Å². The van der Waals surface area contributed by atoms with Crippen molar-refractivity contribution in [2.45, 2.75) is 25.2 Å². The summed E-state index contributed by atoms with van der Waals surface area (Å²) >= 11 is 6.04. The minimum Gasteiger partial charge on any atom is -0.495 e. The standard InChI is InChI=1S/C16H22ClN3O3S/c1-11-14(12(2)20(4)18-11)8-9-19(3)24(21,22)13-6-7-16(23-5)15(17)10-13/h6-7,10H,8-9H2,1-5H3. The van der Waals surface area contributed by atoms with Crippen molar-refractivity contribution in [1.29, 1.82) is 0 Å². The van der Waals surface area contributed by atoms with Gasteiger partial charge in [0.1, 0.15) is 5.75 Å². The summed E-state index contributed by atoms with van der Waals surface area (Å²) in [6, 6.07) is 4.46. The third kappa shape index (κ3) is 3.58. The Morgan fingerprint density at radius 3 is 2.50 bits per heavy atom. The molecule has 2 aromatic rings. The highest BCUT2D eigenvalue weighted by molar-refractivity contribution is 7.89. The summed E-state index contributed by atoms with van der Waals surface area (Å²) in [5, 5.41) is 4.63. The van der Waals surface area contributed by atoms with Crippen LogP contribution < -0.4 is 4.74 Å². The first-order valence-corrected chi connectivity index (χ1v) is 9.29. The van der Waals surface area contributed by atoms with Crippen LogP contribution in [0.5, 0.6) is 5.75 Å². The van der Waals surface area contributed by atoms with Crippen LogP contribution in [0, 0.1) is 13.8 Å². The molecule has 0 N–H and O–H groups in total. The van der Waals surface area contributed by atoms with Crippen molar-refractivity contribution < 1.29 is 13.2 Å². The van der Waals surface area contributed by atoms with Gasteiger partial charge in [-0.3, -0.25) is 4.68 Å². The van der Waals surface area contributed by atoms with E-state index in [2.05, 4.69) is 5.10 Å². The van der Waals surface area contributed by atoms with Crippen molar-refractivity contribution >= 4 is 21.6 Å². The van der Waals surface area contributed by atoms with Crippen LogP contribution in [-0.2, 0) is 23.5 Å². The molecule has 0 amide bonds. The molecule has 0 aliphatic heterocycles. The average molecular weight is 372 g/mol. The molecule has 0 saturated heterocycles. The van der Waals surface area contributed by atoms with Crippen LogP contribution >= 0.6 is 11.6 Å². The van der Waals surface area contributed by atoms with Crippen molar-refractivity contribution in [3.8, 4) is 5.75 Å². The van der Waals surface area contributed by atoms with Crippen LogP contribution in [-0.4, -0.2) is 43.2 Å². The molecule has 0 atom stereocenters. The Morgan fingerprint density at radius 2 is 2.00 bits per heavy atom. The molecule has 0 radical (unpaired) electrons. The largest absolute Gasteiger partial charge is 0.495 e. The minimum atomic E-state index is -3.61. The lowest BCUT2D eigenvalue weighted by molar-refractivity contribution is 0.414. The maximum atomic E-state index is 12.7. The predicted molar refractivity (Wildman–Crippen MR) is 94.2 cm³/mol. The Balaban J connectivity index is 2.18. The van der Waals surface area contributed by atoms with Crippen LogP contribution in [0.15, 0.2) is 23.1 Å². The number of methoxy groups -OCH3 is 1. The lowest BCUT2D eigenvalue weighted by Gasteiger charge is -2.18. The quantitative estimate of drug-likeness (QED) is 0.782. The van der Waals surface area contributed by atoms with E-state index >= 15 is 0 Å². The molecule has 24 heavy (non-hydrogen) atoms. The molecule has 2 rings (SSSR count). The van der Waals surface area contributed by atoms with Gasteiger partial charge in [-0.05, 0) is 44.0 Å². The summed E-state index contributed by atoms with van der Waals surface area (Å²) in [6.07, 6.45) is 0.602. The van der Waals surface area contributed by atoms with E-state index in [0.29, 0.717) is 18.7 Å². The highest BCUT2D eigenvalue weighted by Gasteiger charge is 2.22. The summed E-state index contributed by atoms with van der Waals surface area (Å²) in [5.41, 5.74) is 3.05. The summed E-state index contributed by atoms with van der Waals surface area (Å²) in [4.78, 5) is 0.149. The van der Waals surface area contributed by atoms with E-state index < -0.39 is 10.0 Å². The molecule has 8 heteroatoms. The molecule has 0 bridgehead atoms. The van der Waals surface area contributed by atoms with Gasteiger partial charge in [0.2, 0.25) is 10.0 Å². The Kier molecular flexibility index (Phi) is 5.57. The van der Waals surface area contributed by atoms with Gasteiger partial charge < -0.3 is 4.74 Å². The van der Waals surface area contributed by atoms with Gasteiger partial charge in [0.15, 0.2) is 0 Å². The first-order valence-electron chi connectivity index (χ1n) is 7.47. The zero-order valence-corrected chi connectivity index (χ0v) is 16.1. The topological polar surface area (TPSA) is 64.4 Å². The predicted octanol–water partition coefficient (Wildman–Crippen LogP) is 2.56. The number of halogens is 1. The van der Waals surface area contributed by atoms with E-state index in [-0.39, 0.29) is 9.92 Å². The van der Waals surface area contributed by atoms with Crippen LogP contribution in [0.3, 0.4) is 0 Å². The fraction of sp³-hybridized carbons (Fsp3) is 0.438. The van der Waals surface area contributed by atoms with Crippen molar-refractivity contribution in [2.24, 2.45) is 7.05 Å². The van der Waals surface area contributed by atoms with Crippen molar-refractivity contribution in [3.05, 3.63) is 40.2 Å². The molecule has 132 valence electrons. The summed E-state index contributed by atoms with van der Waals surface area (Å²) in [7, 11) is 1.32. The Bertz CT molecular complexity index is 846. The SMILES string of the molecule is COc1ccc(S(=O)(=O)N(C)CCc2c(C)nn(C)c2C)cc1Cl. The number of aryl methyl sites for hydroxylation is 2. The van der Waals surface area contributed by atoms with E-state index in [9.17, 15) is 8.42 Å². The van der Waals surface area contributed by atoms with Crippen molar-refractivity contribution in [3.63, 3.8) is 0 Å². The zero-order valence-electron chi connectivity index (χ0n) is 14.5. The molecule has 0 saturated carbocycles. The van der Waals surface area contributed by atoms with Gasteiger partial charge in [0.05, 0.1) is 22.7 Å². The highest BCUT2D eigenvalue weighted by atomic mass is 35.5. The third-order valence-electron chi connectivity index (χ3n) is 4.17. The summed E-state index contributed by atoms with van der Waals surface area (Å²) in [6.45, 7) is 4.27. The van der Waals surface area contributed by atoms with Crippen molar-refractivity contribution in [2.75, 3.05) is 20.7 Å². The molecule has 0 fully saturated rings. The molecule has 1 aromatic heterocycles. The molecule has 0 spiro atoms. The number of sulfonamides is 1. The van der Waals surface area contributed by atoms with E-state index in [1.54, 1.807) is 13.1 Å². The number of hydrogen-bond acceptors (Lipinski definition) is 4. The lowest BCUT2D eigenvalue weighted by Crippen LogP contribution is -2.29. The first-order chi connectivity index (χ1) is 11.2. The number of nitrogens with zero attached hydrogens (tertiary/aromatic N) is 3. The van der Waals surface area contributed by atoms with Gasteiger partial charge in [0.25, 0.3) is 0 Å². The van der Waals surface area contributed by atoms with Gasteiger partial charge in [-0.1, -0.05) is 11.6 Å². The smallest absolute Gasteiger partial charge is 0.242 e. The Morgan fingerprint density at radius 1 is 1.33 bits per heavy atom. The van der Waals surface area contributed by atoms with Gasteiger partial charge in [-0.2, -0.15) is 5.10 Å². The molecule has 0 aliphatic carbocycles. The molecule has 1 aromatic carbocycles. The highest BCUT2D eigenvalue weighted by Crippen LogP contribution is 2.28. The second-order valence-corrected chi connectivity index (χ2v) is 8.10. The minimum absolute atomic E-state index is 0.149. The van der Waals surface area contributed by atoms with Crippen LogP contribution in [0.1, 0.15) is 17.0 Å². The molecule has 0 unspecified atom stereocenters. The number of rotatable bonds is 6. The second-order valence-electron chi connectivity index (χ2n) is 5.65. The second kappa shape index (κ2) is 7.13. The third-order valence-corrected chi connectivity index (χ3v) is 6.32.